The maximum absolute atomic E-state index is 12.2. The summed E-state index contributed by atoms with van der Waals surface area (Å²) in [6.45, 7) is 6.34. The van der Waals surface area contributed by atoms with Crippen LogP contribution in [0.25, 0.3) is 10.9 Å². The van der Waals surface area contributed by atoms with Crippen molar-refractivity contribution in [3.05, 3.63) is 48.3 Å². The number of benzene rings is 2. The molecule has 0 spiro atoms. The molecular formula is C26H32N4O4. The van der Waals surface area contributed by atoms with Gasteiger partial charge in [0.25, 0.3) is 0 Å². The molecule has 1 aliphatic heterocycles. The number of fused-ring (bicyclic) bond motifs is 1. The molecule has 1 amide bonds. The zero-order chi connectivity index (χ0) is 24.1. The summed E-state index contributed by atoms with van der Waals surface area (Å²) in [6, 6.07) is 11.7. The van der Waals surface area contributed by atoms with Crippen LogP contribution in [0.5, 0.6) is 11.5 Å². The van der Waals surface area contributed by atoms with Crippen LogP contribution in [0, 0.1) is 5.92 Å². The molecule has 1 aromatic heterocycles. The number of hydrogen-bond donors (Lipinski definition) is 1. The lowest BCUT2D eigenvalue weighted by Crippen LogP contribution is -2.36. The smallest absolute Gasteiger partial charge is 0.411 e. The van der Waals surface area contributed by atoms with E-state index in [1.165, 1.54) is 5.56 Å². The van der Waals surface area contributed by atoms with Gasteiger partial charge in [0.05, 0.1) is 26.3 Å². The Hall–Kier alpha value is -3.55. The molecule has 8 nitrogen and oxygen atoms in total. The van der Waals surface area contributed by atoms with Gasteiger partial charge in [-0.25, -0.2) is 14.8 Å². The SMILES string of the molecule is COc1cc2ncnc(N3CCC(COC(=O)Nc4ccc(C(C)C)cc4)CC3)c2cc1OC. The third-order valence-electron chi connectivity index (χ3n) is 6.31. The summed E-state index contributed by atoms with van der Waals surface area (Å²) in [5.74, 6) is 2.95. The zero-order valence-corrected chi connectivity index (χ0v) is 20.2. The molecule has 0 unspecified atom stereocenters. The lowest BCUT2D eigenvalue weighted by molar-refractivity contribution is 0.133. The van der Waals surface area contributed by atoms with E-state index in [4.69, 9.17) is 14.2 Å². The molecule has 1 saturated heterocycles. The van der Waals surface area contributed by atoms with E-state index < -0.39 is 6.09 Å². The first-order chi connectivity index (χ1) is 16.5. The van der Waals surface area contributed by atoms with E-state index in [2.05, 4.69) is 34.0 Å². The maximum atomic E-state index is 12.2. The molecule has 3 aromatic rings. The number of piperidine rings is 1. The second-order valence-electron chi connectivity index (χ2n) is 8.85. The molecule has 8 heteroatoms. The number of amides is 1. The molecular weight excluding hydrogens is 432 g/mol. The molecule has 0 radical (unpaired) electrons. The highest BCUT2D eigenvalue weighted by Crippen LogP contribution is 2.35. The van der Waals surface area contributed by atoms with E-state index in [0.717, 1.165) is 48.3 Å². The van der Waals surface area contributed by atoms with Crippen LogP contribution in [-0.2, 0) is 4.74 Å². The third kappa shape index (κ3) is 5.32. The molecule has 4 rings (SSSR count). The largest absolute Gasteiger partial charge is 0.493 e. The Morgan fingerprint density at radius 2 is 1.74 bits per heavy atom. The highest BCUT2D eigenvalue weighted by Gasteiger charge is 2.23. The zero-order valence-electron chi connectivity index (χ0n) is 20.2. The normalized spacial score (nSPS) is 14.3. The topological polar surface area (TPSA) is 85.8 Å². The number of methoxy groups -OCH3 is 2. The number of ether oxygens (including phenoxy) is 3. The van der Waals surface area contributed by atoms with Crippen LogP contribution in [0.1, 0.15) is 38.2 Å². The fraction of sp³-hybridized carbons (Fsp3) is 0.423. The summed E-state index contributed by atoms with van der Waals surface area (Å²) in [4.78, 5) is 23.4. The molecule has 0 bridgehead atoms. The molecule has 0 saturated carbocycles. The Balaban J connectivity index is 1.32. The number of carbonyl (C=O) groups excluding carboxylic acids is 1. The van der Waals surface area contributed by atoms with Gasteiger partial charge in [0, 0.05) is 30.2 Å². The van der Waals surface area contributed by atoms with Crippen molar-refractivity contribution in [3.8, 4) is 11.5 Å². The average Bonchev–Trinajstić information content (AvgIpc) is 2.87. The number of nitrogens with one attached hydrogen (secondary N) is 1. The minimum Gasteiger partial charge on any atom is -0.493 e. The number of rotatable bonds is 7. The van der Waals surface area contributed by atoms with Gasteiger partial charge in [0.1, 0.15) is 12.1 Å². The summed E-state index contributed by atoms with van der Waals surface area (Å²) >= 11 is 0. The summed E-state index contributed by atoms with van der Waals surface area (Å²) < 4.78 is 16.4. The Kier molecular flexibility index (Phi) is 7.35. The molecule has 1 aliphatic rings. The molecule has 0 aliphatic carbocycles. The lowest BCUT2D eigenvalue weighted by atomic mass is 9.97. The Labute approximate surface area is 200 Å². The Bertz CT molecular complexity index is 1130. The van der Waals surface area contributed by atoms with Crippen molar-refractivity contribution in [3.63, 3.8) is 0 Å². The van der Waals surface area contributed by atoms with Crippen molar-refractivity contribution in [1.82, 2.24) is 9.97 Å². The van der Waals surface area contributed by atoms with Crippen molar-refractivity contribution < 1.29 is 19.0 Å². The third-order valence-corrected chi connectivity index (χ3v) is 6.31. The first kappa shape index (κ1) is 23.6. The van der Waals surface area contributed by atoms with Gasteiger partial charge < -0.3 is 19.1 Å². The van der Waals surface area contributed by atoms with Crippen molar-refractivity contribution in [1.29, 1.82) is 0 Å². The van der Waals surface area contributed by atoms with Gasteiger partial charge in [-0.1, -0.05) is 26.0 Å². The van der Waals surface area contributed by atoms with Crippen LogP contribution in [0.4, 0.5) is 16.3 Å². The summed E-state index contributed by atoms with van der Waals surface area (Å²) in [7, 11) is 3.23. The monoisotopic (exact) mass is 464 g/mol. The average molecular weight is 465 g/mol. The lowest BCUT2D eigenvalue weighted by Gasteiger charge is -2.33. The quantitative estimate of drug-likeness (QED) is 0.512. The standard InChI is InChI=1S/C26H32N4O4/c1-17(2)19-5-7-20(8-6-19)29-26(31)34-15-18-9-11-30(12-10-18)25-21-13-23(32-3)24(33-4)14-22(21)27-16-28-25/h5-8,13-14,16-18H,9-12,15H2,1-4H3,(H,29,31). The van der Waals surface area contributed by atoms with E-state index in [-0.39, 0.29) is 0 Å². The van der Waals surface area contributed by atoms with Gasteiger partial charge in [0.15, 0.2) is 11.5 Å². The first-order valence-corrected chi connectivity index (χ1v) is 11.6. The van der Waals surface area contributed by atoms with Crippen LogP contribution in [0.2, 0.25) is 0 Å². The fourth-order valence-electron chi connectivity index (χ4n) is 4.23. The van der Waals surface area contributed by atoms with Crippen molar-refractivity contribution in [2.24, 2.45) is 5.92 Å². The molecule has 2 aromatic carbocycles. The summed E-state index contributed by atoms with van der Waals surface area (Å²) in [5, 5.41) is 3.74. The fourth-order valence-corrected chi connectivity index (χ4v) is 4.23. The predicted molar refractivity (Wildman–Crippen MR) is 133 cm³/mol. The summed E-state index contributed by atoms with van der Waals surface area (Å²) in [5.41, 5.74) is 2.79. The number of aromatic nitrogens is 2. The van der Waals surface area contributed by atoms with E-state index in [9.17, 15) is 4.79 Å². The van der Waals surface area contributed by atoms with Gasteiger partial charge in [-0.05, 0) is 48.4 Å². The van der Waals surface area contributed by atoms with E-state index >= 15 is 0 Å². The van der Waals surface area contributed by atoms with Crippen LogP contribution in [0.3, 0.4) is 0 Å². The minimum absolute atomic E-state index is 0.313. The Morgan fingerprint density at radius 3 is 2.38 bits per heavy atom. The van der Waals surface area contributed by atoms with E-state index in [0.29, 0.717) is 29.9 Å². The van der Waals surface area contributed by atoms with Crippen molar-refractivity contribution in [2.45, 2.75) is 32.6 Å². The van der Waals surface area contributed by atoms with Gasteiger partial charge in [0.2, 0.25) is 0 Å². The maximum Gasteiger partial charge on any atom is 0.411 e. The molecule has 180 valence electrons. The molecule has 34 heavy (non-hydrogen) atoms. The first-order valence-electron chi connectivity index (χ1n) is 11.6. The second-order valence-corrected chi connectivity index (χ2v) is 8.85. The second kappa shape index (κ2) is 10.6. The van der Waals surface area contributed by atoms with Crippen LogP contribution in [0.15, 0.2) is 42.7 Å². The highest BCUT2D eigenvalue weighted by atomic mass is 16.5. The van der Waals surface area contributed by atoms with Gasteiger partial charge >= 0.3 is 6.09 Å². The number of hydrogen-bond acceptors (Lipinski definition) is 7. The van der Waals surface area contributed by atoms with Crippen molar-refractivity contribution >= 4 is 28.5 Å². The minimum atomic E-state index is -0.414. The predicted octanol–water partition coefficient (Wildman–Crippen LogP) is 5.24. The number of nitrogens with zero attached hydrogens (tertiary/aromatic N) is 3. The van der Waals surface area contributed by atoms with Crippen LogP contribution in [-0.4, -0.2) is 50.0 Å². The van der Waals surface area contributed by atoms with Gasteiger partial charge in [-0.3, -0.25) is 5.32 Å². The Morgan fingerprint density at radius 1 is 1.06 bits per heavy atom. The number of carbonyl (C=O) groups is 1. The summed E-state index contributed by atoms with van der Waals surface area (Å²) in [6.07, 6.45) is 2.99. The molecule has 1 fully saturated rings. The van der Waals surface area contributed by atoms with E-state index in [1.807, 2.05) is 36.4 Å². The van der Waals surface area contributed by atoms with Crippen molar-refractivity contribution in [2.75, 3.05) is 44.1 Å². The van der Waals surface area contributed by atoms with E-state index in [1.54, 1.807) is 20.5 Å². The molecule has 2 heterocycles. The highest BCUT2D eigenvalue weighted by molar-refractivity contribution is 5.92. The molecule has 1 N–H and O–H groups in total. The molecule has 0 atom stereocenters. The van der Waals surface area contributed by atoms with Gasteiger partial charge in [-0.15, -0.1) is 0 Å². The van der Waals surface area contributed by atoms with Crippen LogP contribution >= 0.6 is 0 Å². The number of anilines is 2. The van der Waals surface area contributed by atoms with Gasteiger partial charge in [-0.2, -0.15) is 0 Å². The van der Waals surface area contributed by atoms with Crippen LogP contribution < -0.4 is 19.7 Å².